The fourth-order valence-electron chi connectivity index (χ4n) is 4.48. The highest BCUT2D eigenvalue weighted by Gasteiger charge is 2.44. The second kappa shape index (κ2) is 9.51. The fourth-order valence-corrected chi connectivity index (χ4v) is 5.93. The number of rotatable bonds is 6. The maximum atomic E-state index is 13.0. The summed E-state index contributed by atoms with van der Waals surface area (Å²) in [6.07, 6.45) is 4.10. The minimum atomic E-state index is -0.405. The minimum absolute atomic E-state index is 0.147. The minimum Gasteiger partial charge on any atom is -0.487 e. The first-order chi connectivity index (χ1) is 15.4. The third-order valence-electron chi connectivity index (χ3n) is 5.99. The normalized spacial score (nSPS) is 20.4. The summed E-state index contributed by atoms with van der Waals surface area (Å²) in [6.45, 7) is 4.33. The number of Topliss-reactive ketones (excluding diaryl/α,β-unsaturated/α-hetero) is 1. The van der Waals surface area contributed by atoms with Crippen LogP contribution in [-0.4, -0.2) is 18.9 Å². The summed E-state index contributed by atoms with van der Waals surface area (Å²) in [5.74, 6) is -0.397. The molecule has 168 valence electrons. The van der Waals surface area contributed by atoms with Gasteiger partial charge in [0.2, 0.25) is 0 Å². The van der Waals surface area contributed by atoms with Crippen LogP contribution in [0.3, 0.4) is 0 Å². The van der Waals surface area contributed by atoms with Crippen LogP contribution < -0.4 is 10.1 Å². The summed E-state index contributed by atoms with van der Waals surface area (Å²) in [7, 11) is 1.38. The molecule has 2 unspecified atom stereocenters. The Morgan fingerprint density at radius 2 is 2.06 bits per heavy atom. The van der Waals surface area contributed by atoms with Gasteiger partial charge in [-0.25, -0.2) is 4.79 Å². The lowest BCUT2D eigenvalue weighted by Gasteiger charge is -2.37. The largest absolute Gasteiger partial charge is 0.487 e. The van der Waals surface area contributed by atoms with E-state index in [0.717, 1.165) is 28.3 Å². The zero-order valence-corrected chi connectivity index (χ0v) is 19.9. The van der Waals surface area contributed by atoms with Gasteiger partial charge in [0.15, 0.2) is 0 Å². The number of esters is 1. The number of carbonyl (C=O) groups excluding carboxylic acids is 2. The van der Waals surface area contributed by atoms with E-state index in [4.69, 9.17) is 21.1 Å². The van der Waals surface area contributed by atoms with Crippen molar-refractivity contribution < 1.29 is 19.1 Å². The van der Waals surface area contributed by atoms with E-state index in [1.165, 1.54) is 12.0 Å². The topological polar surface area (TPSA) is 64.6 Å². The molecule has 2 aliphatic rings. The lowest BCUT2D eigenvalue weighted by atomic mass is 9.73. The Bertz CT molecular complexity index is 1120. The molecule has 0 radical (unpaired) electrons. The fraction of sp³-hybridized carbons (Fsp3) is 0.360. The number of hydrogen-bond acceptors (Lipinski definition) is 6. The van der Waals surface area contributed by atoms with Gasteiger partial charge in [0, 0.05) is 39.1 Å². The van der Waals surface area contributed by atoms with Crippen molar-refractivity contribution >= 4 is 34.7 Å². The number of hydrogen-bond donors (Lipinski definition) is 1. The van der Waals surface area contributed by atoms with Crippen LogP contribution in [0.5, 0.6) is 5.75 Å². The molecule has 4 rings (SSSR count). The summed E-state index contributed by atoms with van der Waals surface area (Å²) in [5.41, 5.74) is 3.19. The van der Waals surface area contributed by atoms with Crippen molar-refractivity contribution in [1.29, 1.82) is 0 Å². The Hall–Kier alpha value is -2.57. The summed E-state index contributed by atoms with van der Waals surface area (Å²) in [4.78, 5) is 27.9. The van der Waals surface area contributed by atoms with Crippen LogP contribution in [0.1, 0.15) is 47.9 Å². The third-order valence-corrected chi connectivity index (χ3v) is 7.70. The van der Waals surface area contributed by atoms with Crippen LogP contribution in [0.25, 0.3) is 0 Å². The molecule has 1 aliphatic heterocycles. The predicted molar refractivity (Wildman–Crippen MR) is 126 cm³/mol. The molecule has 1 aromatic heterocycles. The quantitative estimate of drug-likeness (QED) is 0.560. The molecule has 1 aliphatic carbocycles. The zero-order chi connectivity index (χ0) is 22.8. The van der Waals surface area contributed by atoms with Crippen molar-refractivity contribution in [1.82, 2.24) is 5.32 Å². The Kier molecular flexibility index (Phi) is 6.72. The number of methoxy groups -OCH3 is 1. The Morgan fingerprint density at radius 1 is 1.28 bits per heavy atom. The monoisotopic (exact) mass is 471 g/mol. The van der Waals surface area contributed by atoms with E-state index in [1.807, 2.05) is 25.1 Å². The summed E-state index contributed by atoms with van der Waals surface area (Å²) < 4.78 is 11.1. The lowest BCUT2D eigenvalue weighted by molar-refractivity contribution is -0.136. The number of ether oxygens (including phenoxy) is 2. The first kappa shape index (κ1) is 22.6. The highest BCUT2D eigenvalue weighted by atomic mass is 35.5. The van der Waals surface area contributed by atoms with E-state index in [9.17, 15) is 9.59 Å². The van der Waals surface area contributed by atoms with Crippen LogP contribution in [0.2, 0.25) is 5.02 Å². The van der Waals surface area contributed by atoms with E-state index in [1.54, 1.807) is 17.4 Å². The van der Waals surface area contributed by atoms with Gasteiger partial charge in [-0.3, -0.25) is 4.79 Å². The number of fused-ring (bicyclic) bond motifs is 1. The molecule has 2 atom stereocenters. The molecule has 1 aromatic carbocycles. The van der Waals surface area contributed by atoms with Gasteiger partial charge in [0.1, 0.15) is 18.1 Å². The van der Waals surface area contributed by atoms with Crippen molar-refractivity contribution in [3.8, 4) is 5.75 Å². The van der Waals surface area contributed by atoms with E-state index >= 15 is 0 Å². The molecule has 0 amide bonds. The lowest BCUT2D eigenvalue weighted by Crippen LogP contribution is -2.40. The number of halogens is 1. The molecule has 0 saturated heterocycles. The van der Waals surface area contributed by atoms with Crippen LogP contribution in [0.15, 0.2) is 53.4 Å². The first-order valence-corrected chi connectivity index (χ1v) is 11.9. The average molecular weight is 472 g/mol. The number of aryl methyl sites for hydroxylation is 1. The van der Waals surface area contributed by atoms with Crippen molar-refractivity contribution in [2.75, 3.05) is 7.11 Å². The van der Waals surface area contributed by atoms with Gasteiger partial charge >= 0.3 is 5.97 Å². The van der Waals surface area contributed by atoms with Crippen molar-refractivity contribution in [2.45, 2.75) is 45.6 Å². The Morgan fingerprint density at radius 3 is 2.78 bits per heavy atom. The zero-order valence-electron chi connectivity index (χ0n) is 18.4. The van der Waals surface area contributed by atoms with E-state index in [0.29, 0.717) is 35.8 Å². The number of benzene rings is 1. The van der Waals surface area contributed by atoms with Gasteiger partial charge in [-0.2, -0.15) is 0 Å². The summed E-state index contributed by atoms with van der Waals surface area (Å²) >= 11 is 7.87. The summed E-state index contributed by atoms with van der Waals surface area (Å²) in [5, 5.41) is 3.85. The second-order valence-electron chi connectivity index (χ2n) is 7.94. The maximum Gasteiger partial charge on any atom is 0.336 e. The molecule has 7 heteroatoms. The Labute approximate surface area is 197 Å². The van der Waals surface area contributed by atoms with Gasteiger partial charge in [0.05, 0.1) is 23.6 Å². The molecular weight excluding hydrogens is 446 g/mol. The van der Waals surface area contributed by atoms with Crippen molar-refractivity contribution in [3.63, 3.8) is 0 Å². The van der Waals surface area contributed by atoms with Crippen LogP contribution in [-0.2, 0) is 27.4 Å². The van der Waals surface area contributed by atoms with Crippen LogP contribution in [0.4, 0.5) is 0 Å². The van der Waals surface area contributed by atoms with Gasteiger partial charge < -0.3 is 14.8 Å². The van der Waals surface area contributed by atoms with Gasteiger partial charge in [0.25, 0.3) is 0 Å². The highest BCUT2D eigenvalue weighted by Crippen LogP contribution is 2.46. The number of ketones is 1. The number of para-hydroxylation sites is 1. The van der Waals surface area contributed by atoms with Crippen LogP contribution >= 0.6 is 22.9 Å². The Balaban J connectivity index is 1.74. The molecule has 1 N–H and O–H groups in total. The van der Waals surface area contributed by atoms with Crippen LogP contribution in [0, 0.1) is 5.92 Å². The van der Waals surface area contributed by atoms with Gasteiger partial charge in [-0.05, 0) is 38.0 Å². The molecule has 0 bridgehead atoms. The number of nitrogens with one attached hydrogen (secondary N) is 1. The molecule has 2 heterocycles. The average Bonchev–Trinajstić information content (AvgIpc) is 3.20. The molecule has 2 aromatic rings. The first-order valence-electron chi connectivity index (χ1n) is 10.7. The SMILES string of the molecule is CCc1sc(C2C(C(=O)OC)=C(C)NC3=CCCC(=O)C32)cc1COc1ccccc1Cl. The van der Waals surface area contributed by atoms with E-state index in [-0.39, 0.29) is 11.7 Å². The van der Waals surface area contributed by atoms with E-state index in [2.05, 4.69) is 24.4 Å². The molecule has 5 nitrogen and oxygen atoms in total. The second-order valence-corrected chi connectivity index (χ2v) is 9.52. The third kappa shape index (κ3) is 4.21. The van der Waals surface area contributed by atoms with E-state index < -0.39 is 11.9 Å². The predicted octanol–water partition coefficient (Wildman–Crippen LogP) is 5.54. The van der Waals surface area contributed by atoms with Gasteiger partial charge in [-0.15, -0.1) is 11.3 Å². The van der Waals surface area contributed by atoms with Crippen molar-refractivity contribution in [2.24, 2.45) is 5.92 Å². The van der Waals surface area contributed by atoms with Gasteiger partial charge in [-0.1, -0.05) is 36.7 Å². The summed E-state index contributed by atoms with van der Waals surface area (Å²) in [6, 6.07) is 9.46. The number of thiophene rings is 1. The smallest absolute Gasteiger partial charge is 0.336 e. The highest BCUT2D eigenvalue weighted by molar-refractivity contribution is 7.12. The molecule has 0 saturated carbocycles. The molecule has 0 spiro atoms. The molecule has 0 fully saturated rings. The van der Waals surface area contributed by atoms with Crippen molar-refractivity contribution in [3.05, 3.63) is 73.7 Å². The standard InChI is InChI=1S/C25H26ClNO4S/c1-4-20-15(13-31-19-11-6-5-8-16(19)26)12-21(32-20)24-22(25(29)30-3)14(2)27-17-9-7-10-18(28)23(17)24/h5-6,8-9,11-12,23-24,27H,4,7,10,13H2,1-3H3. The molecular formula is C25H26ClNO4S. The number of carbonyl (C=O) groups is 2. The molecule has 32 heavy (non-hydrogen) atoms. The maximum absolute atomic E-state index is 13.0. The number of allylic oxidation sites excluding steroid dienone is 3.